The largest absolute Gasteiger partial charge is 0.452 e. The van der Waals surface area contributed by atoms with E-state index in [1.807, 2.05) is 48.5 Å². The molecular formula is C24H24IN3O3. The highest BCUT2D eigenvalue weighted by atomic mass is 127. The lowest BCUT2D eigenvalue weighted by Gasteiger charge is -2.32. The van der Waals surface area contributed by atoms with Crippen molar-refractivity contribution in [1.82, 2.24) is 9.88 Å². The van der Waals surface area contributed by atoms with E-state index in [0.717, 1.165) is 38.7 Å². The van der Waals surface area contributed by atoms with Crippen LogP contribution < -0.4 is 5.32 Å². The second-order valence-electron chi connectivity index (χ2n) is 7.87. The Hall–Kier alpha value is -2.52. The molecule has 1 aliphatic rings. The topological polar surface area (TPSA) is 71.5 Å². The van der Waals surface area contributed by atoms with E-state index in [2.05, 4.69) is 46.7 Å². The standard InChI is InChI=1S/C24H24IN3O3/c1-15(2)28-12-11-21-19(13-28)23(18-5-3-4-6-20(18)27-21)24(30)31-14-22(29)26-17-9-7-16(25)8-10-17/h3-10,15H,11-14H2,1-2H3,(H,26,29). The van der Waals surface area contributed by atoms with E-state index in [-0.39, 0.29) is 12.5 Å². The van der Waals surface area contributed by atoms with Crippen molar-refractivity contribution in [2.75, 3.05) is 18.5 Å². The van der Waals surface area contributed by atoms with Crippen LogP contribution in [0.3, 0.4) is 0 Å². The van der Waals surface area contributed by atoms with Gasteiger partial charge in [-0.15, -0.1) is 0 Å². The normalized spacial score (nSPS) is 13.8. The van der Waals surface area contributed by atoms with Crippen LogP contribution in [0.2, 0.25) is 0 Å². The van der Waals surface area contributed by atoms with Crippen molar-refractivity contribution in [3.63, 3.8) is 0 Å². The van der Waals surface area contributed by atoms with Crippen LogP contribution in [0.4, 0.5) is 5.69 Å². The molecule has 0 unspecified atom stereocenters. The van der Waals surface area contributed by atoms with E-state index in [4.69, 9.17) is 9.72 Å². The Bertz CT molecular complexity index is 1130. The molecule has 1 aliphatic heterocycles. The number of pyridine rings is 1. The zero-order valence-corrected chi connectivity index (χ0v) is 19.7. The quantitative estimate of drug-likeness (QED) is 0.392. The number of carbonyl (C=O) groups excluding carboxylic acids is 2. The number of hydrogen-bond donors (Lipinski definition) is 1. The number of para-hydroxylation sites is 1. The first-order chi connectivity index (χ1) is 14.9. The van der Waals surface area contributed by atoms with Crippen molar-refractivity contribution in [3.8, 4) is 0 Å². The highest BCUT2D eigenvalue weighted by Crippen LogP contribution is 2.29. The summed E-state index contributed by atoms with van der Waals surface area (Å²) in [4.78, 5) is 32.6. The summed E-state index contributed by atoms with van der Waals surface area (Å²) in [5, 5.41) is 3.52. The molecule has 0 radical (unpaired) electrons. The number of halogens is 1. The van der Waals surface area contributed by atoms with E-state index in [0.29, 0.717) is 23.8 Å². The minimum absolute atomic E-state index is 0.343. The van der Waals surface area contributed by atoms with Crippen molar-refractivity contribution in [1.29, 1.82) is 0 Å². The Morgan fingerprint density at radius 3 is 2.65 bits per heavy atom. The number of fused-ring (bicyclic) bond motifs is 2. The molecule has 0 fully saturated rings. The van der Waals surface area contributed by atoms with Crippen molar-refractivity contribution in [3.05, 3.63) is 68.9 Å². The van der Waals surface area contributed by atoms with Crippen LogP contribution in [0.5, 0.6) is 0 Å². The number of nitrogens with zero attached hydrogens (tertiary/aromatic N) is 2. The Morgan fingerprint density at radius 2 is 1.90 bits per heavy atom. The predicted molar refractivity (Wildman–Crippen MR) is 129 cm³/mol. The molecule has 0 atom stereocenters. The van der Waals surface area contributed by atoms with Gasteiger partial charge in [0, 0.05) is 51.5 Å². The molecule has 1 amide bonds. The highest BCUT2D eigenvalue weighted by Gasteiger charge is 2.27. The molecule has 0 aliphatic carbocycles. The lowest BCUT2D eigenvalue weighted by atomic mass is 9.95. The number of aromatic nitrogens is 1. The van der Waals surface area contributed by atoms with Gasteiger partial charge in [-0.3, -0.25) is 14.7 Å². The molecule has 0 spiro atoms. The summed E-state index contributed by atoms with van der Waals surface area (Å²) in [5.41, 5.74) is 3.80. The Morgan fingerprint density at radius 1 is 1.16 bits per heavy atom. The molecule has 1 N–H and O–H groups in total. The molecule has 0 saturated carbocycles. The molecule has 6 nitrogen and oxygen atoms in total. The van der Waals surface area contributed by atoms with Gasteiger partial charge < -0.3 is 10.1 Å². The number of anilines is 1. The third-order valence-corrected chi connectivity index (χ3v) is 6.19. The lowest BCUT2D eigenvalue weighted by Crippen LogP contribution is -2.37. The average molecular weight is 529 g/mol. The van der Waals surface area contributed by atoms with Gasteiger partial charge in [0.1, 0.15) is 0 Å². The van der Waals surface area contributed by atoms with E-state index in [9.17, 15) is 9.59 Å². The van der Waals surface area contributed by atoms with Gasteiger partial charge >= 0.3 is 5.97 Å². The maximum absolute atomic E-state index is 13.2. The van der Waals surface area contributed by atoms with E-state index < -0.39 is 5.97 Å². The highest BCUT2D eigenvalue weighted by molar-refractivity contribution is 14.1. The first-order valence-corrected chi connectivity index (χ1v) is 11.4. The fraction of sp³-hybridized carbons (Fsp3) is 0.292. The number of carbonyl (C=O) groups is 2. The second-order valence-corrected chi connectivity index (χ2v) is 9.12. The first-order valence-electron chi connectivity index (χ1n) is 10.3. The van der Waals surface area contributed by atoms with Crippen molar-refractivity contribution in [2.24, 2.45) is 0 Å². The van der Waals surface area contributed by atoms with Gasteiger partial charge in [0.2, 0.25) is 0 Å². The van der Waals surface area contributed by atoms with E-state index >= 15 is 0 Å². The predicted octanol–water partition coefficient (Wildman–Crippen LogP) is 4.40. The van der Waals surface area contributed by atoms with Crippen LogP contribution in [0.1, 0.15) is 35.5 Å². The Labute approximate surface area is 195 Å². The summed E-state index contributed by atoms with van der Waals surface area (Å²) >= 11 is 2.20. The third-order valence-electron chi connectivity index (χ3n) is 5.47. The summed E-state index contributed by atoms with van der Waals surface area (Å²) in [6, 6.07) is 15.4. The van der Waals surface area contributed by atoms with E-state index in [1.54, 1.807) is 0 Å². The summed E-state index contributed by atoms with van der Waals surface area (Å²) in [6.45, 7) is 5.50. The zero-order valence-electron chi connectivity index (χ0n) is 17.5. The second kappa shape index (κ2) is 9.32. The van der Waals surface area contributed by atoms with Crippen LogP contribution in [0, 0.1) is 3.57 Å². The van der Waals surface area contributed by atoms with Gasteiger partial charge in [0.05, 0.1) is 11.1 Å². The Balaban J connectivity index is 1.57. The first kappa shape index (κ1) is 21.7. The number of amides is 1. The number of hydrogen-bond acceptors (Lipinski definition) is 5. The van der Waals surface area contributed by atoms with Crippen LogP contribution in [-0.2, 0) is 22.5 Å². The fourth-order valence-corrected chi connectivity index (χ4v) is 4.18. The summed E-state index contributed by atoms with van der Waals surface area (Å²) < 4.78 is 6.53. The average Bonchev–Trinajstić information content (AvgIpc) is 2.77. The summed E-state index contributed by atoms with van der Waals surface area (Å²) in [5.74, 6) is -0.858. The minimum Gasteiger partial charge on any atom is -0.452 e. The Kier molecular flexibility index (Phi) is 6.52. The minimum atomic E-state index is -0.488. The maximum atomic E-state index is 13.2. The van der Waals surface area contributed by atoms with Gasteiger partial charge in [-0.2, -0.15) is 0 Å². The molecule has 2 aromatic carbocycles. The molecule has 1 aromatic heterocycles. The maximum Gasteiger partial charge on any atom is 0.339 e. The van der Waals surface area contributed by atoms with Crippen LogP contribution >= 0.6 is 22.6 Å². The fourth-order valence-electron chi connectivity index (χ4n) is 3.82. The molecule has 160 valence electrons. The summed E-state index contributed by atoms with van der Waals surface area (Å²) in [7, 11) is 0. The van der Waals surface area contributed by atoms with Crippen molar-refractivity contribution >= 4 is 51.1 Å². The molecular weight excluding hydrogens is 505 g/mol. The molecule has 0 saturated heterocycles. The van der Waals surface area contributed by atoms with Gasteiger partial charge in [-0.05, 0) is 66.8 Å². The van der Waals surface area contributed by atoms with Gasteiger partial charge in [-0.25, -0.2) is 4.79 Å². The van der Waals surface area contributed by atoms with E-state index in [1.165, 1.54) is 0 Å². The number of ether oxygens (including phenoxy) is 1. The van der Waals surface area contributed by atoms with Gasteiger partial charge in [0.15, 0.2) is 6.61 Å². The number of nitrogens with one attached hydrogen (secondary N) is 1. The molecule has 0 bridgehead atoms. The van der Waals surface area contributed by atoms with Gasteiger partial charge in [-0.1, -0.05) is 18.2 Å². The van der Waals surface area contributed by atoms with Crippen LogP contribution in [0.25, 0.3) is 10.9 Å². The third kappa shape index (κ3) is 4.88. The zero-order chi connectivity index (χ0) is 22.0. The number of esters is 1. The molecule has 4 rings (SSSR count). The SMILES string of the molecule is CC(C)N1CCc2nc3ccccc3c(C(=O)OCC(=O)Nc3ccc(I)cc3)c2C1. The van der Waals surface area contributed by atoms with Gasteiger partial charge in [0.25, 0.3) is 5.91 Å². The molecule has 31 heavy (non-hydrogen) atoms. The molecule has 2 heterocycles. The number of benzene rings is 2. The van der Waals surface area contributed by atoms with Crippen molar-refractivity contribution in [2.45, 2.75) is 32.9 Å². The van der Waals surface area contributed by atoms with Crippen LogP contribution in [-0.4, -0.2) is 41.0 Å². The van der Waals surface area contributed by atoms with Crippen molar-refractivity contribution < 1.29 is 14.3 Å². The number of rotatable bonds is 5. The van der Waals surface area contributed by atoms with Crippen LogP contribution in [0.15, 0.2) is 48.5 Å². The summed E-state index contributed by atoms with van der Waals surface area (Å²) in [6.07, 6.45) is 0.784. The smallest absolute Gasteiger partial charge is 0.339 e. The molecule has 3 aromatic rings. The lowest BCUT2D eigenvalue weighted by molar-refractivity contribution is -0.119. The monoisotopic (exact) mass is 529 g/mol. The molecule has 7 heteroatoms.